The Hall–Kier alpha value is -2.06. The molecular weight excluding hydrogens is 257 g/mol. The minimum Gasteiger partial charge on any atom is -0.385 e. The monoisotopic (exact) mass is 271 g/mol. The first-order valence-electron chi connectivity index (χ1n) is 5.44. The predicted octanol–water partition coefficient (Wildman–Crippen LogP) is 1.04. The lowest BCUT2D eigenvalue weighted by atomic mass is 10.2. The molecule has 0 fully saturated rings. The lowest BCUT2D eigenvalue weighted by molar-refractivity contribution is -0.385. The van der Waals surface area contributed by atoms with Crippen molar-refractivity contribution in [2.75, 3.05) is 19.0 Å². The number of benzene rings is 1. The van der Waals surface area contributed by atoms with Gasteiger partial charge in [0, 0.05) is 19.8 Å². The summed E-state index contributed by atoms with van der Waals surface area (Å²) >= 11 is 0. The van der Waals surface area contributed by atoms with Gasteiger partial charge in [0.2, 0.25) is 5.91 Å². The fourth-order valence-corrected chi connectivity index (χ4v) is 1.36. The van der Waals surface area contributed by atoms with Crippen LogP contribution in [0.15, 0.2) is 18.2 Å². The van der Waals surface area contributed by atoms with Crippen molar-refractivity contribution in [3.8, 4) is 0 Å². The van der Waals surface area contributed by atoms with E-state index in [1.807, 2.05) is 0 Å². The van der Waals surface area contributed by atoms with Crippen LogP contribution in [-0.2, 0) is 9.53 Å². The van der Waals surface area contributed by atoms with E-state index in [-0.39, 0.29) is 5.69 Å². The molecule has 0 bridgehead atoms. The summed E-state index contributed by atoms with van der Waals surface area (Å²) in [6.07, 6.45) is 0.291. The number of nitro groups is 1. The number of carbonyl (C=O) groups excluding carboxylic acids is 1. The molecule has 1 unspecified atom stereocenters. The van der Waals surface area contributed by atoms with Crippen LogP contribution >= 0.6 is 0 Å². The summed E-state index contributed by atoms with van der Waals surface area (Å²) in [5.74, 6) is -1.37. The number of nitrogens with one attached hydrogen (secondary N) is 1. The Morgan fingerprint density at radius 2 is 2.26 bits per heavy atom. The number of nitrogens with two attached hydrogens (primary N) is 1. The molecule has 0 heterocycles. The van der Waals surface area contributed by atoms with Crippen molar-refractivity contribution in [3.63, 3.8) is 0 Å². The summed E-state index contributed by atoms with van der Waals surface area (Å²) in [5, 5.41) is 12.9. The summed E-state index contributed by atoms with van der Waals surface area (Å²) in [6, 6.07) is 1.97. The van der Waals surface area contributed by atoms with Crippen molar-refractivity contribution in [3.05, 3.63) is 34.1 Å². The van der Waals surface area contributed by atoms with Crippen LogP contribution in [0.2, 0.25) is 0 Å². The van der Waals surface area contributed by atoms with Gasteiger partial charge in [-0.15, -0.1) is 0 Å². The van der Waals surface area contributed by atoms with E-state index in [4.69, 9.17) is 10.5 Å². The molecule has 1 amide bonds. The maximum absolute atomic E-state index is 13.1. The number of nitrogens with zero attached hydrogens (tertiary/aromatic N) is 1. The van der Waals surface area contributed by atoms with Crippen LogP contribution in [0.1, 0.15) is 6.42 Å². The Morgan fingerprint density at radius 1 is 1.58 bits per heavy atom. The highest BCUT2D eigenvalue weighted by Crippen LogP contribution is 2.20. The second-order valence-corrected chi connectivity index (χ2v) is 3.83. The second-order valence-electron chi connectivity index (χ2n) is 3.83. The van der Waals surface area contributed by atoms with Gasteiger partial charge in [0.25, 0.3) is 5.69 Å². The molecule has 0 aliphatic carbocycles. The van der Waals surface area contributed by atoms with Crippen molar-refractivity contribution in [2.24, 2.45) is 5.73 Å². The van der Waals surface area contributed by atoms with E-state index in [9.17, 15) is 19.3 Å². The van der Waals surface area contributed by atoms with Crippen molar-refractivity contribution in [2.45, 2.75) is 12.5 Å². The highest BCUT2D eigenvalue weighted by atomic mass is 19.1. The Balaban J connectivity index is 2.76. The molecule has 0 aliphatic rings. The number of ether oxygens (including phenoxy) is 1. The minimum absolute atomic E-state index is 0.00966. The summed E-state index contributed by atoms with van der Waals surface area (Å²) in [4.78, 5) is 21.4. The molecule has 0 aromatic heterocycles. The standard InChI is InChI=1S/C11H14FN3O4/c1-19-3-2-10(13)11(16)14-8-4-7(12)5-9(6-8)15(17)18/h4-6,10H,2-3,13H2,1H3,(H,14,16). The first kappa shape index (κ1) is 15.0. The Bertz CT molecular complexity index is 481. The zero-order valence-electron chi connectivity index (χ0n) is 10.3. The lowest BCUT2D eigenvalue weighted by Crippen LogP contribution is -2.36. The van der Waals surface area contributed by atoms with E-state index in [1.54, 1.807) is 0 Å². The molecule has 3 N–H and O–H groups in total. The average molecular weight is 271 g/mol. The number of non-ortho nitro benzene ring substituents is 1. The van der Waals surface area contributed by atoms with Gasteiger partial charge in [-0.2, -0.15) is 0 Å². The van der Waals surface area contributed by atoms with Gasteiger partial charge in [-0.25, -0.2) is 4.39 Å². The molecule has 19 heavy (non-hydrogen) atoms. The third-order valence-electron chi connectivity index (χ3n) is 2.33. The molecule has 0 spiro atoms. The summed E-state index contributed by atoms with van der Waals surface area (Å²) < 4.78 is 17.9. The number of hydrogen-bond donors (Lipinski definition) is 2. The molecule has 0 aliphatic heterocycles. The van der Waals surface area contributed by atoms with E-state index in [0.717, 1.165) is 18.2 Å². The highest BCUT2D eigenvalue weighted by molar-refractivity contribution is 5.94. The molecule has 7 nitrogen and oxygen atoms in total. The van der Waals surface area contributed by atoms with E-state index in [1.165, 1.54) is 7.11 Å². The van der Waals surface area contributed by atoms with Crippen LogP contribution in [0, 0.1) is 15.9 Å². The Morgan fingerprint density at radius 3 is 2.84 bits per heavy atom. The van der Waals surface area contributed by atoms with E-state index < -0.39 is 28.4 Å². The van der Waals surface area contributed by atoms with E-state index in [2.05, 4.69) is 5.32 Å². The van der Waals surface area contributed by atoms with E-state index in [0.29, 0.717) is 13.0 Å². The zero-order chi connectivity index (χ0) is 14.4. The fourth-order valence-electron chi connectivity index (χ4n) is 1.36. The van der Waals surface area contributed by atoms with Crippen LogP contribution in [0.4, 0.5) is 15.8 Å². The van der Waals surface area contributed by atoms with Gasteiger partial charge in [0.1, 0.15) is 5.82 Å². The average Bonchev–Trinajstić information content (AvgIpc) is 2.34. The predicted molar refractivity (Wildman–Crippen MR) is 66.2 cm³/mol. The van der Waals surface area contributed by atoms with Crippen molar-refractivity contribution < 1.29 is 18.8 Å². The third kappa shape index (κ3) is 4.60. The Kier molecular flexibility index (Phi) is 5.34. The third-order valence-corrected chi connectivity index (χ3v) is 2.33. The first-order chi connectivity index (χ1) is 8.93. The molecule has 0 saturated heterocycles. The maximum atomic E-state index is 13.1. The number of carbonyl (C=O) groups is 1. The van der Waals surface area contributed by atoms with Crippen molar-refractivity contribution in [1.29, 1.82) is 0 Å². The van der Waals surface area contributed by atoms with Gasteiger partial charge in [0.15, 0.2) is 0 Å². The quantitative estimate of drug-likeness (QED) is 0.593. The fraction of sp³-hybridized carbons (Fsp3) is 0.364. The number of nitro benzene ring substituents is 1. The van der Waals surface area contributed by atoms with Gasteiger partial charge in [-0.1, -0.05) is 0 Å². The SMILES string of the molecule is COCCC(N)C(=O)Nc1cc(F)cc([N+](=O)[O-])c1. The number of amides is 1. The number of anilines is 1. The summed E-state index contributed by atoms with van der Waals surface area (Å²) in [5.41, 5.74) is 5.11. The largest absolute Gasteiger partial charge is 0.385 e. The van der Waals surface area contributed by atoms with Crippen LogP contribution in [0.25, 0.3) is 0 Å². The highest BCUT2D eigenvalue weighted by Gasteiger charge is 2.16. The van der Waals surface area contributed by atoms with Crippen molar-refractivity contribution >= 4 is 17.3 Å². The van der Waals surface area contributed by atoms with Gasteiger partial charge in [0.05, 0.1) is 22.7 Å². The number of hydrogen-bond acceptors (Lipinski definition) is 5. The molecule has 8 heteroatoms. The first-order valence-corrected chi connectivity index (χ1v) is 5.44. The summed E-state index contributed by atoms with van der Waals surface area (Å²) in [6.45, 7) is 0.303. The number of halogens is 1. The van der Waals surface area contributed by atoms with Gasteiger partial charge < -0.3 is 15.8 Å². The topological polar surface area (TPSA) is 107 Å². The maximum Gasteiger partial charge on any atom is 0.274 e. The van der Waals surface area contributed by atoms with Crippen LogP contribution in [0.3, 0.4) is 0 Å². The van der Waals surface area contributed by atoms with Gasteiger partial charge in [-0.3, -0.25) is 14.9 Å². The molecule has 1 aromatic carbocycles. The molecule has 1 rings (SSSR count). The lowest BCUT2D eigenvalue weighted by Gasteiger charge is -2.11. The zero-order valence-corrected chi connectivity index (χ0v) is 10.3. The summed E-state index contributed by atoms with van der Waals surface area (Å²) in [7, 11) is 1.47. The van der Waals surface area contributed by atoms with Crippen LogP contribution in [-0.4, -0.2) is 30.6 Å². The molecular formula is C11H14FN3O4. The second kappa shape index (κ2) is 6.76. The normalized spacial score (nSPS) is 11.9. The van der Waals surface area contributed by atoms with Crippen LogP contribution in [0.5, 0.6) is 0 Å². The van der Waals surface area contributed by atoms with Crippen molar-refractivity contribution in [1.82, 2.24) is 0 Å². The smallest absolute Gasteiger partial charge is 0.274 e. The number of methoxy groups -OCH3 is 1. The van der Waals surface area contributed by atoms with E-state index >= 15 is 0 Å². The van der Waals surface area contributed by atoms with Crippen LogP contribution < -0.4 is 11.1 Å². The molecule has 0 radical (unpaired) electrons. The van der Waals surface area contributed by atoms with Gasteiger partial charge in [-0.05, 0) is 12.5 Å². The number of rotatable bonds is 6. The molecule has 0 saturated carbocycles. The molecule has 1 atom stereocenters. The molecule has 1 aromatic rings. The molecule has 104 valence electrons. The van der Waals surface area contributed by atoms with Gasteiger partial charge >= 0.3 is 0 Å². The Labute approximate surface area is 108 Å². The minimum atomic E-state index is -0.831.